The number of amides is 3. The molecule has 3 aromatic rings. The molecular weight excluding hydrogens is 448 g/mol. The minimum absolute atomic E-state index is 0.164. The number of carbonyl (C=O) groups excluding carboxylic acids is 2. The zero-order valence-electron chi connectivity index (χ0n) is 16.4. The number of carbonyl (C=O) groups is 2. The lowest BCUT2D eigenvalue weighted by Gasteiger charge is -2.12. The van der Waals surface area contributed by atoms with E-state index in [1.54, 1.807) is 18.2 Å². The van der Waals surface area contributed by atoms with E-state index in [1.165, 1.54) is 12.1 Å². The SMILES string of the molecule is CN(C)Cc1ccc(Cl)c(C(=O)NC(=O)Nc2nc3ccc(S(C)(=O)=O)cc3s2)c1. The van der Waals surface area contributed by atoms with E-state index in [4.69, 9.17) is 11.6 Å². The number of hydrogen-bond donors (Lipinski definition) is 2. The summed E-state index contributed by atoms with van der Waals surface area (Å²) in [4.78, 5) is 31.1. The highest BCUT2D eigenvalue weighted by atomic mass is 35.5. The van der Waals surface area contributed by atoms with E-state index in [0.29, 0.717) is 16.8 Å². The Morgan fingerprint density at radius 3 is 2.57 bits per heavy atom. The number of hydrogen-bond acceptors (Lipinski definition) is 7. The molecule has 2 aromatic carbocycles. The number of anilines is 1. The molecule has 0 atom stereocenters. The van der Waals surface area contributed by atoms with Crippen LogP contribution in [0.5, 0.6) is 0 Å². The Morgan fingerprint density at radius 1 is 1.17 bits per heavy atom. The fraction of sp³-hybridized carbons (Fsp3) is 0.211. The van der Waals surface area contributed by atoms with Gasteiger partial charge in [-0.25, -0.2) is 18.2 Å². The second-order valence-corrected chi connectivity index (χ2v) is 10.3. The quantitative estimate of drug-likeness (QED) is 0.596. The summed E-state index contributed by atoms with van der Waals surface area (Å²) < 4.78 is 24.0. The van der Waals surface area contributed by atoms with E-state index in [0.717, 1.165) is 23.2 Å². The van der Waals surface area contributed by atoms with Gasteiger partial charge in [0, 0.05) is 12.8 Å². The van der Waals surface area contributed by atoms with Crippen molar-refractivity contribution in [1.29, 1.82) is 0 Å². The van der Waals surface area contributed by atoms with Crippen LogP contribution in [0.2, 0.25) is 5.02 Å². The van der Waals surface area contributed by atoms with Gasteiger partial charge < -0.3 is 4.90 Å². The lowest BCUT2D eigenvalue weighted by atomic mass is 10.1. The molecule has 3 amide bonds. The molecule has 2 N–H and O–H groups in total. The lowest BCUT2D eigenvalue weighted by Crippen LogP contribution is -2.34. The maximum Gasteiger partial charge on any atom is 0.327 e. The first kappa shape index (κ1) is 22.2. The Morgan fingerprint density at radius 2 is 1.90 bits per heavy atom. The maximum atomic E-state index is 12.5. The maximum absolute atomic E-state index is 12.5. The first-order valence-electron chi connectivity index (χ1n) is 8.69. The molecule has 0 aliphatic heterocycles. The van der Waals surface area contributed by atoms with E-state index in [2.05, 4.69) is 15.6 Å². The summed E-state index contributed by atoms with van der Waals surface area (Å²) in [6.45, 7) is 0.616. The van der Waals surface area contributed by atoms with Gasteiger partial charge in [-0.1, -0.05) is 29.0 Å². The number of nitrogens with one attached hydrogen (secondary N) is 2. The van der Waals surface area contributed by atoms with Crippen molar-refractivity contribution in [1.82, 2.24) is 15.2 Å². The molecule has 158 valence electrons. The molecule has 0 fully saturated rings. The normalized spacial score (nSPS) is 11.6. The smallest absolute Gasteiger partial charge is 0.305 e. The Bertz CT molecular complexity index is 1240. The summed E-state index contributed by atoms with van der Waals surface area (Å²) in [6, 6.07) is 8.80. The highest BCUT2D eigenvalue weighted by Crippen LogP contribution is 2.28. The predicted octanol–water partition coefficient (Wildman–Crippen LogP) is 3.38. The summed E-state index contributed by atoms with van der Waals surface area (Å²) in [5.74, 6) is -0.640. The van der Waals surface area contributed by atoms with Gasteiger partial charge in [-0.2, -0.15) is 0 Å². The number of nitrogens with zero attached hydrogens (tertiary/aromatic N) is 2. The van der Waals surface area contributed by atoms with Gasteiger partial charge in [0.15, 0.2) is 15.0 Å². The second kappa shape index (κ2) is 8.68. The molecule has 0 aliphatic carbocycles. The first-order valence-corrected chi connectivity index (χ1v) is 11.8. The Labute approximate surface area is 182 Å². The molecule has 8 nitrogen and oxygen atoms in total. The number of imide groups is 1. The van der Waals surface area contributed by atoms with Crippen molar-refractivity contribution >= 4 is 60.1 Å². The molecule has 0 bridgehead atoms. The van der Waals surface area contributed by atoms with Gasteiger partial charge in [0.2, 0.25) is 0 Å². The van der Waals surface area contributed by atoms with Crippen LogP contribution in [0.25, 0.3) is 10.2 Å². The van der Waals surface area contributed by atoms with Crippen LogP contribution in [0.15, 0.2) is 41.3 Å². The second-order valence-electron chi connectivity index (χ2n) is 6.88. The fourth-order valence-electron chi connectivity index (χ4n) is 2.70. The summed E-state index contributed by atoms with van der Waals surface area (Å²) in [5.41, 5.74) is 1.60. The molecule has 1 heterocycles. The average molecular weight is 467 g/mol. The predicted molar refractivity (Wildman–Crippen MR) is 118 cm³/mol. The average Bonchev–Trinajstić information content (AvgIpc) is 3.03. The van der Waals surface area contributed by atoms with Crippen molar-refractivity contribution in [3.8, 4) is 0 Å². The topological polar surface area (TPSA) is 108 Å². The largest absolute Gasteiger partial charge is 0.327 e. The van der Waals surface area contributed by atoms with Crippen LogP contribution in [0.3, 0.4) is 0 Å². The molecule has 0 spiro atoms. The number of urea groups is 1. The molecule has 11 heteroatoms. The van der Waals surface area contributed by atoms with Crippen molar-refractivity contribution in [3.05, 3.63) is 52.5 Å². The molecule has 1 aromatic heterocycles. The molecule has 0 radical (unpaired) electrons. The monoisotopic (exact) mass is 466 g/mol. The Balaban J connectivity index is 1.73. The number of benzene rings is 2. The minimum atomic E-state index is -3.35. The van der Waals surface area contributed by atoms with E-state index in [1.807, 2.05) is 25.1 Å². The molecule has 30 heavy (non-hydrogen) atoms. The highest BCUT2D eigenvalue weighted by Gasteiger charge is 2.17. The highest BCUT2D eigenvalue weighted by molar-refractivity contribution is 7.90. The van der Waals surface area contributed by atoms with E-state index < -0.39 is 21.8 Å². The molecular formula is C19H19ClN4O4S2. The zero-order chi connectivity index (χ0) is 22.1. The number of sulfone groups is 1. The number of rotatable bonds is 5. The van der Waals surface area contributed by atoms with Gasteiger partial charge in [-0.05, 0) is 50.0 Å². The summed E-state index contributed by atoms with van der Waals surface area (Å²) in [5, 5.41) is 5.18. The number of aromatic nitrogens is 1. The minimum Gasteiger partial charge on any atom is -0.305 e. The third-order valence-corrected chi connectivity index (χ3v) is 6.38. The summed E-state index contributed by atoms with van der Waals surface area (Å²) in [7, 11) is 0.452. The molecule has 0 unspecified atom stereocenters. The van der Waals surface area contributed by atoms with Gasteiger partial charge in [0.05, 0.1) is 25.7 Å². The zero-order valence-corrected chi connectivity index (χ0v) is 18.8. The van der Waals surface area contributed by atoms with Crippen LogP contribution in [0.4, 0.5) is 9.93 Å². The standard InChI is InChI=1S/C19H19ClN4O4S2/c1-24(2)10-11-4-6-14(20)13(8-11)17(25)22-18(26)23-19-21-15-7-5-12(30(3,27)28)9-16(15)29-19/h4-9H,10H2,1-3H3,(H2,21,22,23,25,26). The van der Waals surface area contributed by atoms with Crippen molar-refractivity contribution in [2.24, 2.45) is 0 Å². The van der Waals surface area contributed by atoms with Crippen LogP contribution in [-0.2, 0) is 16.4 Å². The van der Waals surface area contributed by atoms with Gasteiger partial charge in [0.25, 0.3) is 5.91 Å². The molecule has 0 saturated heterocycles. The van der Waals surface area contributed by atoms with Crippen LogP contribution in [0, 0.1) is 0 Å². The summed E-state index contributed by atoms with van der Waals surface area (Å²) in [6.07, 6.45) is 1.12. The van der Waals surface area contributed by atoms with Crippen LogP contribution < -0.4 is 10.6 Å². The van der Waals surface area contributed by atoms with Crippen LogP contribution in [0.1, 0.15) is 15.9 Å². The fourth-order valence-corrected chi connectivity index (χ4v) is 4.52. The van der Waals surface area contributed by atoms with Crippen LogP contribution in [-0.4, -0.2) is 50.6 Å². The van der Waals surface area contributed by atoms with Crippen molar-refractivity contribution in [3.63, 3.8) is 0 Å². The summed E-state index contributed by atoms with van der Waals surface area (Å²) >= 11 is 7.21. The third-order valence-electron chi connectivity index (χ3n) is 4.01. The van der Waals surface area contributed by atoms with E-state index >= 15 is 0 Å². The van der Waals surface area contributed by atoms with E-state index in [9.17, 15) is 18.0 Å². The number of halogens is 1. The lowest BCUT2D eigenvalue weighted by molar-refractivity contribution is 0.0967. The first-order chi connectivity index (χ1) is 14.0. The van der Waals surface area contributed by atoms with Crippen molar-refractivity contribution < 1.29 is 18.0 Å². The van der Waals surface area contributed by atoms with Crippen LogP contribution >= 0.6 is 22.9 Å². The van der Waals surface area contributed by atoms with Gasteiger partial charge >= 0.3 is 6.03 Å². The Kier molecular flexibility index (Phi) is 6.41. The van der Waals surface area contributed by atoms with Gasteiger partial charge in [-0.15, -0.1) is 0 Å². The van der Waals surface area contributed by atoms with Gasteiger partial charge in [0.1, 0.15) is 0 Å². The number of fused-ring (bicyclic) bond motifs is 1. The molecule has 3 rings (SSSR count). The van der Waals surface area contributed by atoms with Gasteiger partial charge in [-0.3, -0.25) is 15.4 Å². The molecule has 0 aliphatic rings. The van der Waals surface area contributed by atoms with Crippen molar-refractivity contribution in [2.45, 2.75) is 11.4 Å². The van der Waals surface area contributed by atoms with Crippen molar-refractivity contribution in [2.75, 3.05) is 25.7 Å². The Hall–Kier alpha value is -2.53. The third kappa shape index (κ3) is 5.33. The molecule has 0 saturated carbocycles. The van der Waals surface area contributed by atoms with E-state index in [-0.39, 0.29) is 20.6 Å². The number of thiazole rings is 1.